The number of aldehydes is 1. The van der Waals surface area contributed by atoms with E-state index in [0.717, 1.165) is 5.56 Å². The maximum Gasteiger partial charge on any atom is 0.264 e. The molecule has 0 aromatic heterocycles. The second-order valence-electron chi connectivity index (χ2n) is 3.52. The van der Waals surface area contributed by atoms with Crippen molar-refractivity contribution >= 4 is 35.3 Å². The van der Waals surface area contributed by atoms with Crippen molar-refractivity contribution in [3.63, 3.8) is 0 Å². The lowest BCUT2D eigenvalue weighted by molar-refractivity contribution is 0.112. The lowest BCUT2D eigenvalue weighted by Gasteiger charge is -2.15. The minimum atomic E-state index is 0.296. The molecule has 5 heteroatoms. The summed E-state index contributed by atoms with van der Waals surface area (Å²) in [6.45, 7) is 1.84. The molecule has 1 aromatic carbocycles. The average molecular weight is 258 g/mol. The summed E-state index contributed by atoms with van der Waals surface area (Å²) in [5, 5.41) is 0.829. The van der Waals surface area contributed by atoms with Crippen LogP contribution in [0.2, 0.25) is 5.02 Å². The number of rotatable bonds is 2. The number of benzene rings is 1. The summed E-state index contributed by atoms with van der Waals surface area (Å²) in [4.78, 5) is 12.5. The lowest BCUT2D eigenvalue weighted by atomic mass is 10.1. The number of hydrogen-bond donors (Lipinski definition) is 0. The van der Waals surface area contributed by atoms with Gasteiger partial charge in [-0.1, -0.05) is 11.6 Å². The Balaban J connectivity index is 3.08. The molecule has 0 saturated carbocycles. The molecule has 0 aliphatic carbocycles. The molecule has 0 radical (unpaired) electrons. The quantitative estimate of drug-likeness (QED) is 0.602. The molecular weight excluding hydrogens is 246 g/mol. The number of nitrogens with zero attached hydrogens (tertiary/aromatic N) is 1. The van der Waals surface area contributed by atoms with E-state index in [-0.39, 0.29) is 0 Å². The first kappa shape index (κ1) is 12.9. The second kappa shape index (κ2) is 5.27. The summed E-state index contributed by atoms with van der Waals surface area (Å²) in [5.41, 5.74) is 1.23. The Morgan fingerprint density at radius 1 is 1.50 bits per heavy atom. The van der Waals surface area contributed by atoms with Gasteiger partial charge >= 0.3 is 0 Å². The van der Waals surface area contributed by atoms with Crippen molar-refractivity contribution in [1.82, 2.24) is 4.90 Å². The van der Waals surface area contributed by atoms with Gasteiger partial charge in [0.1, 0.15) is 5.75 Å². The summed E-state index contributed by atoms with van der Waals surface area (Å²) in [6.07, 6.45) is 0.693. The van der Waals surface area contributed by atoms with Crippen molar-refractivity contribution in [1.29, 1.82) is 0 Å². The van der Waals surface area contributed by atoms with Gasteiger partial charge in [0, 0.05) is 19.1 Å². The zero-order chi connectivity index (χ0) is 12.3. The number of aryl methyl sites for hydroxylation is 1. The van der Waals surface area contributed by atoms with Crippen LogP contribution in [-0.4, -0.2) is 30.5 Å². The smallest absolute Gasteiger partial charge is 0.264 e. The Labute approximate surface area is 105 Å². The van der Waals surface area contributed by atoms with Gasteiger partial charge in [0.2, 0.25) is 0 Å². The van der Waals surface area contributed by atoms with E-state index in [1.54, 1.807) is 31.1 Å². The normalized spacial score (nSPS) is 9.75. The van der Waals surface area contributed by atoms with Crippen LogP contribution in [0.5, 0.6) is 5.75 Å². The standard InChI is InChI=1S/C11H12ClNO2S/c1-7-4-10(15-11(16)13(2)3)8(6-14)5-9(7)12/h4-6H,1-3H3. The Hall–Kier alpha value is -1.13. The fourth-order valence-corrected chi connectivity index (χ4v) is 1.30. The van der Waals surface area contributed by atoms with Gasteiger partial charge in [0.25, 0.3) is 5.17 Å². The Morgan fingerprint density at radius 3 is 2.62 bits per heavy atom. The molecule has 0 spiro atoms. The van der Waals surface area contributed by atoms with E-state index in [1.165, 1.54) is 0 Å². The van der Waals surface area contributed by atoms with Crippen molar-refractivity contribution in [3.8, 4) is 5.75 Å². The number of hydrogen-bond acceptors (Lipinski definition) is 3. The van der Waals surface area contributed by atoms with Gasteiger partial charge in [-0.25, -0.2) is 0 Å². The summed E-state index contributed by atoms with van der Waals surface area (Å²) in [5.74, 6) is 0.426. The molecule has 0 saturated heterocycles. The molecule has 86 valence electrons. The van der Waals surface area contributed by atoms with E-state index in [1.807, 2.05) is 6.92 Å². The van der Waals surface area contributed by atoms with E-state index in [2.05, 4.69) is 0 Å². The van der Waals surface area contributed by atoms with Crippen LogP contribution in [0, 0.1) is 6.92 Å². The third kappa shape index (κ3) is 2.93. The number of ether oxygens (including phenoxy) is 1. The van der Waals surface area contributed by atoms with E-state index in [4.69, 9.17) is 28.6 Å². The van der Waals surface area contributed by atoms with Gasteiger partial charge in [0.05, 0.1) is 5.56 Å². The molecule has 0 atom stereocenters. The first-order valence-corrected chi connectivity index (χ1v) is 5.38. The maximum atomic E-state index is 10.8. The fourth-order valence-electron chi connectivity index (χ4n) is 1.04. The third-order valence-electron chi connectivity index (χ3n) is 1.98. The SMILES string of the molecule is Cc1cc(OC(=S)N(C)C)c(C=O)cc1Cl. The zero-order valence-electron chi connectivity index (χ0n) is 9.28. The van der Waals surface area contributed by atoms with E-state index < -0.39 is 0 Å². The van der Waals surface area contributed by atoms with Crippen LogP contribution in [0.15, 0.2) is 12.1 Å². The largest absolute Gasteiger partial charge is 0.431 e. The summed E-state index contributed by atoms with van der Waals surface area (Å²) in [7, 11) is 3.54. The summed E-state index contributed by atoms with van der Waals surface area (Å²) < 4.78 is 5.40. The van der Waals surface area contributed by atoms with E-state index in [0.29, 0.717) is 27.8 Å². The van der Waals surface area contributed by atoms with Gasteiger partial charge in [-0.15, -0.1) is 0 Å². The number of thiocarbonyl (C=S) groups is 1. The summed E-state index contributed by atoms with van der Waals surface area (Å²) >= 11 is 10.9. The molecule has 16 heavy (non-hydrogen) atoms. The second-order valence-corrected chi connectivity index (χ2v) is 4.28. The van der Waals surface area contributed by atoms with Crippen LogP contribution in [0.3, 0.4) is 0 Å². The van der Waals surface area contributed by atoms with Crippen LogP contribution in [-0.2, 0) is 0 Å². The predicted molar refractivity (Wildman–Crippen MR) is 68.5 cm³/mol. The highest BCUT2D eigenvalue weighted by Crippen LogP contribution is 2.25. The number of carbonyl (C=O) groups is 1. The lowest BCUT2D eigenvalue weighted by Crippen LogP contribution is -2.25. The van der Waals surface area contributed by atoms with E-state index in [9.17, 15) is 4.79 Å². The molecule has 0 bridgehead atoms. The molecule has 0 N–H and O–H groups in total. The van der Waals surface area contributed by atoms with Crippen LogP contribution in [0.25, 0.3) is 0 Å². The molecule has 0 amide bonds. The van der Waals surface area contributed by atoms with Crippen molar-refractivity contribution in [2.24, 2.45) is 0 Å². The Morgan fingerprint density at radius 2 is 2.12 bits per heavy atom. The average Bonchev–Trinajstić information content (AvgIpc) is 2.22. The molecule has 1 rings (SSSR count). The number of halogens is 1. The highest BCUT2D eigenvalue weighted by Gasteiger charge is 2.10. The molecule has 0 unspecified atom stereocenters. The molecule has 1 aromatic rings. The van der Waals surface area contributed by atoms with Crippen molar-refractivity contribution in [2.45, 2.75) is 6.92 Å². The fraction of sp³-hybridized carbons (Fsp3) is 0.273. The van der Waals surface area contributed by atoms with Crippen LogP contribution in [0.1, 0.15) is 15.9 Å². The third-order valence-corrected chi connectivity index (χ3v) is 2.84. The van der Waals surface area contributed by atoms with Crippen LogP contribution < -0.4 is 4.74 Å². The van der Waals surface area contributed by atoms with Crippen molar-refractivity contribution in [3.05, 3.63) is 28.3 Å². The topological polar surface area (TPSA) is 29.5 Å². The first-order valence-electron chi connectivity index (χ1n) is 4.60. The van der Waals surface area contributed by atoms with Crippen LogP contribution >= 0.6 is 23.8 Å². The van der Waals surface area contributed by atoms with Crippen molar-refractivity contribution < 1.29 is 9.53 Å². The zero-order valence-corrected chi connectivity index (χ0v) is 10.9. The molecule has 3 nitrogen and oxygen atoms in total. The molecule has 0 aliphatic heterocycles. The predicted octanol–water partition coefficient (Wildman–Crippen LogP) is 2.69. The van der Waals surface area contributed by atoms with Gasteiger partial charge in [-0.3, -0.25) is 4.79 Å². The Bertz CT molecular complexity index is 432. The minimum Gasteiger partial charge on any atom is -0.431 e. The number of carbonyl (C=O) groups excluding carboxylic acids is 1. The van der Waals surface area contributed by atoms with Gasteiger partial charge < -0.3 is 9.64 Å². The highest BCUT2D eigenvalue weighted by molar-refractivity contribution is 7.80. The molecule has 0 aliphatic rings. The van der Waals surface area contributed by atoms with Crippen molar-refractivity contribution in [2.75, 3.05) is 14.1 Å². The first-order chi connectivity index (χ1) is 7.45. The highest BCUT2D eigenvalue weighted by atomic mass is 35.5. The maximum absolute atomic E-state index is 10.8. The van der Waals surface area contributed by atoms with Crippen LogP contribution in [0.4, 0.5) is 0 Å². The molecule has 0 heterocycles. The minimum absolute atomic E-state index is 0.296. The van der Waals surface area contributed by atoms with Gasteiger partial charge in [0.15, 0.2) is 6.29 Å². The Kier molecular flexibility index (Phi) is 4.26. The monoisotopic (exact) mass is 257 g/mol. The van der Waals surface area contributed by atoms with Gasteiger partial charge in [-0.2, -0.15) is 0 Å². The molecular formula is C11H12ClNO2S. The molecule has 0 fully saturated rings. The van der Waals surface area contributed by atoms with Gasteiger partial charge in [-0.05, 0) is 36.8 Å². The van der Waals surface area contributed by atoms with E-state index >= 15 is 0 Å². The summed E-state index contributed by atoms with van der Waals surface area (Å²) in [6, 6.07) is 3.26.